The third kappa shape index (κ3) is 4.19. The summed E-state index contributed by atoms with van der Waals surface area (Å²) in [6.45, 7) is 3.26. The molecule has 2 nitrogen and oxygen atoms in total. The van der Waals surface area contributed by atoms with Crippen LogP contribution in [0.25, 0.3) is 0 Å². The molecule has 1 atom stereocenters. The van der Waals surface area contributed by atoms with Crippen molar-refractivity contribution >= 4 is 33.4 Å². The lowest BCUT2D eigenvalue weighted by Crippen LogP contribution is -2.24. The van der Waals surface area contributed by atoms with Gasteiger partial charge in [0.2, 0.25) is 0 Å². The number of nitrogens with zero attached hydrogens (tertiary/aromatic N) is 1. The van der Waals surface area contributed by atoms with E-state index in [1.165, 1.54) is 11.3 Å². The van der Waals surface area contributed by atoms with E-state index in [0.29, 0.717) is 6.04 Å². The number of rotatable bonds is 6. The molecule has 0 fully saturated rings. The van der Waals surface area contributed by atoms with E-state index in [0.717, 1.165) is 16.8 Å². The normalized spacial score (nSPS) is 12.5. The molecular formula is C13H21BrN2S. The Morgan fingerprint density at radius 3 is 2.76 bits per heavy atom. The van der Waals surface area contributed by atoms with Crippen LogP contribution in [0.2, 0.25) is 0 Å². The molecule has 96 valence electrons. The van der Waals surface area contributed by atoms with Crippen LogP contribution in [0.1, 0.15) is 18.5 Å². The summed E-state index contributed by atoms with van der Waals surface area (Å²) in [4.78, 5) is 2.32. The van der Waals surface area contributed by atoms with Crippen molar-refractivity contribution in [2.45, 2.75) is 13.0 Å². The van der Waals surface area contributed by atoms with Crippen molar-refractivity contribution in [3.8, 4) is 0 Å². The molecule has 0 heterocycles. The van der Waals surface area contributed by atoms with Crippen molar-refractivity contribution in [1.29, 1.82) is 0 Å². The zero-order chi connectivity index (χ0) is 12.8. The first-order chi connectivity index (χ1) is 8.10. The maximum absolute atomic E-state index is 3.55. The second kappa shape index (κ2) is 7.29. The number of thioether (sulfide) groups is 1. The molecule has 0 saturated carbocycles. The Kier molecular flexibility index (Phi) is 6.38. The standard InChI is InChI=1S/C13H21BrN2S/c1-10(15-2)12-6-5-11(14)9-13(12)16(3)7-8-17-4/h5-6,9-10,15H,7-8H2,1-4H3. The topological polar surface area (TPSA) is 15.3 Å². The van der Waals surface area contributed by atoms with Crippen LogP contribution in [0.5, 0.6) is 0 Å². The van der Waals surface area contributed by atoms with Crippen LogP contribution in [-0.4, -0.2) is 32.6 Å². The van der Waals surface area contributed by atoms with E-state index in [1.807, 2.05) is 18.8 Å². The quantitative estimate of drug-likeness (QED) is 0.864. The fraction of sp³-hybridized carbons (Fsp3) is 0.538. The molecule has 0 aliphatic heterocycles. The van der Waals surface area contributed by atoms with Gasteiger partial charge in [-0.1, -0.05) is 22.0 Å². The predicted octanol–water partition coefficient (Wildman–Crippen LogP) is 3.53. The number of nitrogens with one attached hydrogen (secondary N) is 1. The molecule has 17 heavy (non-hydrogen) atoms. The fourth-order valence-corrected chi connectivity index (χ4v) is 2.52. The smallest absolute Gasteiger partial charge is 0.0423 e. The van der Waals surface area contributed by atoms with Crippen LogP contribution in [0.3, 0.4) is 0 Å². The molecule has 0 bridgehead atoms. The highest BCUT2D eigenvalue weighted by atomic mass is 79.9. The fourth-order valence-electron chi connectivity index (χ4n) is 1.72. The van der Waals surface area contributed by atoms with Gasteiger partial charge in [0.25, 0.3) is 0 Å². The summed E-state index contributed by atoms with van der Waals surface area (Å²) < 4.78 is 1.13. The van der Waals surface area contributed by atoms with Crippen LogP contribution < -0.4 is 10.2 Å². The molecule has 1 N–H and O–H groups in total. The molecule has 0 amide bonds. The largest absolute Gasteiger partial charge is 0.373 e. The average Bonchev–Trinajstić information content (AvgIpc) is 2.34. The zero-order valence-electron chi connectivity index (χ0n) is 11.0. The Morgan fingerprint density at radius 1 is 1.47 bits per heavy atom. The van der Waals surface area contributed by atoms with Gasteiger partial charge < -0.3 is 10.2 Å². The minimum absolute atomic E-state index is 0.370. The van der Waals surface area contributed by atoms with Crippen molar-refractivity contribution in [2.75, 3.05) is 37.5 Å². The van der Waals surface area contributed by atoms with Gasteiger partial charge in [0.1, 0.15) is 0 Å². The Balaban J connectivity index is 2.97. The molecule has 1 aromatic carbocycles. The van der Waals surface area contributed by atoms with Crippen molar-refractivity contribution in [3.63, 3.8) is 0 Å². The van der Waals surface area contributed by atoms with E-state index in [4.69, 9.17) is 0 Å². The van der Waals surface area contributed by atoms with E-state index >= 15 is 0 Å². The predicted molar refractivity (Wildman–Crippen MR) is 83.3 cm³/mol. The molecule has 1 unspecified atom stereocenters. The van der Waals surface area contributed by atoms with Gasteiger partial charge in [-0.25, -0.2) is 0 Å². The molecule has 0 aliphatic carbocycles. The summed E-state index contributed by atoms with van der Waals surface area (Å²) in [6.07, 6.45) is 2.14. The first-order valence-corrected chi connectivity index (χ1v) is 7.95. The Labute approximate surface area is 117 Å². The van der Waals surface area contributed by atoms with Gasteiger partial charge in [-0.3, -0.25) is 0 Å². The number of hydrogen-bond acceptors (Lipinski definition) is 3. The molecular weight excluding hydrogens is 296 g/mol. The first kappa shape index (κ1) is 14.9. The van der Waals surface area contributed by atoms with Crippen molar-refractivity contribution in [3.05, 3.63) is 28.2 Å². The Bertz CT molecular complexity index is 357. The molecule has 1 rings (SSSR count). The van der Waals surface area contributed by atoms with Crippen LogP contribution in [-0.2, 0) is 0 Å². The van der Waals surface area contributed by atoms with Gasteiger partial charge in [0, 0.05) is 35.5 Å². The number of halogens is 1. The number of hydrogen-bond donors (Lipinski definition) is 1. The van der Waals surface area contributed by atoms with Gasteiger partial charge in [0.15, 0.2) is 0 Å². The zero-order valence-corrected chi connectivity index (χ0v) is 13.4. The maximum Gasteiger partial charge on any atom is 0.0423 e. The molecule has 0 saturated heterocycles. The lowest BCUT2D eigenvalue weighted by molar-refractivity contribution is 0.650. The van der Waals surface area contributed by atoms with Gasteiger partial charge >= 0.3 is 0 Å². The van der Waals surface area contributed by atoms with Gasteiger partial charge in [-0.05, 0) is 37.9 Å². The Hall–Kier alpha value is -0.190. The molecule has 1 aromatic rings. The highest BCUT2D eigenvalue weighted by Crippen LogP contribution is 2.29. The average molecular weight is 317 g/mol. The van der Waals surface area contributed by atoms with E-state index in [2.05, 4.69) is 64.6 Å². The Morgan fingerprint density at radius 2 is 2.18 bits per heavy atom. The van der Waals surface area contributed by atoms with E-state index in [1.54, 1.807) is 0 Å². The number of anilines is 1. The van der Waals surface area contributed by atoms with Crippen LogP contribution in [0.15, 0.2) is 22.7 Å². The summed E-state index contributed by atoms with van der Waals surface area (Å²) in [5.41, 5.74) is 2.65. The van der Waals surface area contributed by atoms with Crippen LogP contribution >= 0.6 is 27.7 Å². The van der Waals surface area contributed by atoms with Crippen LogP contribution in [0.4, 0.5) is 5.69 Å². The van der Waals surface area contributed by atoms with E-state index in [-0.39, 0.29) is 0 Å². The summed E-state index contributed by atoms with van der Waals surface area (Å²) in [7, 11) is 4.16. The summed E-state index contributed by atoms with van der Waals surface area (Å²) in [5.74, 6) is 1.15. The van der Waals surface area contributed by atoms with Gasteiger partial charge in [0.05, 0.1) is 0 Å². The molecule has 0 aromatic heterocycles. The minimum Gasteiger partial charge on any atom is -0.373 e. The van der Waals surface area contributed by atoms with E-state index < -0.39 is 0 Å². The van der Waals surface area contributed by atoms with E-state index in [9.17, 15) is 0 Å². The van der Waals surface area contributed by atoms with Crippen molar-refractivity contribution in [1.82, 2.24) is 5.32 Å². The second-order valence-electron chi connectivity index (χ2n) is 4.13. The minimum atomic E-state index is 0.370. The molecule has 4 heteroatoms. The SMILES string of the molecule is CNC(C)c1ccc(Br)cc1N(C)CCSC. The third-order valence-electron chi connectivity index (χ3n) is 2.93. The van der Waals surface area contributed by atoms with Gasteiger partial charge in [-0.2, -0.15) is 11.8 Å². The second-order valence-corrected chi connectivity index (χ2v) is 6.03. The lowest BCUT2D eigenvalue weighted by atomic mass is 10.1. The highest BCUT2D eigenvalue weighted by Gasteiger charge is 2.12. The van der Waals surface area contributed by atoms with Crippen molar-refractivity contribution < 1.29 is 0 Å². The summed E-state index contributed by atoms with van der Waals surface area (Å²) in [6, 6.07) is 6.87. The highest BCUT2D eigenvalue weighted by molar-refractivity contribution is 9.10. The molecule has 0 spiro atoms. The number of benzene rings is 1. The van der Waals surface area contributed by atoms with Crippen molar-refractivity contribution in [2.24, 2.45) is 0 Å². The third-order valence-corrected chi connectivity index (χ3v) is 4.02. The molecule has 0 aliphatic rings. The summed E-state index contributed by atoms with van der Waals surface area (Å²) >= 11 is 5.43. The maximum atomic E-state index is 3.55. The van der Waals surface area contributed by atoms with Crippen LogP contribution in [0, 0.1) is 0 Å². The summed E-state index contributed by atoms with van der Waals surface area (Å²) in [5, 5.41) is 3.30. The molecule has 0 radical (unpaired) electrons. The first-order valence-electron chi connectivity index (χ1n) is 5.77. The monoisotopic (exact) mass is 316 g/mol. The lowest BCUT2D eigenvalue weighted by Gasteiger charge is -2.25. The van der Waals surface area contributed by atoms with Gasteiger partial charge in [-0.15, -0.1) is 0 Å².